The summed E-state index contributed by atoms with van der Waals surface area (Å²) in [6.45, 7) is -1.66. The van der Waals surface area contributed by atoms with Crippen molar-refractivity contribution in [3.05, 3.63) is 25.3 Å². The predicted octanol–water partition coefficient (Wildman–Crippen LogP) is -2.68. The predicted molar refractivity (Wildman–Crippen MR) is 144 cm³/mol. The van der Waals surface area contributed by atoms with Gasteiger partial charge in [0.1, 0.15) is 60.3 Å². The number of hydrogen-bond acceptors (Lipinski definition) is 19. The third-order valence-electron chi connectivity index (χ3n) is 7.02. The van der Waals surface area contributed by atoms with Crippen molar-refractivity contribution < 1.29 is 62.2 Å². The molecule has 0 bridgehead atoms. The van der Waals surface area contributed by atoms with E-state index in [9.17, 15) is 39.3 Å². The summed E-state index contributed by atoms with van der Waals surface area (Å²) >= 11 is 0. The summed E-state index contributed by atoms with van der Waals surface area (Å²) in [7, 11) is -11.0. The van der Waals surface area contributed by atoms with E-state index >= 15 is 0 Å². The molecule has 6 heterocycles. The number of aliphatic hydroxyl groups is 4. The van der Waals surface area contributed by atoms with Crippen molar-refractivity contribution in [1.82, 2.24) is 39.0 Å². The number of anilines is 2. The summed E-state index contributed by atoms with van der Waals surface area (Å²) in [5.41, 5.74) is 12.1. The van der Waals surface area contributed by atoms with E-state index in [0.717, 1.165) is 19.0 Å². The molecular formula is C20H26N10O13P2. The minimum absolute atomic E-state index is 0.00440. The van der Waals surface area contributed by atoms with E-state index in [1.54, 1.807) is 0 Å². The van der Waals surface area contributed by atoms with E-state index < -0.39 is 77.9 Å². The molecule has 0 amide bonds. The molecule has 10 atom stereocenters. The molecule has 2 aliphatic heterocycles. The lowest BCUT2D eigenvalue weighted by atomic mass is 10.1. The molecule has 4 aromatic rings. The molecule has 2 aliphatic rings. The number of nitrogens with zero attached hydrogens (tertiary/aromatic N) is 8. The van der Waals surface area contributed by atoms with Crippen LogP contribution in [0.3, 0.4) is 0 Å². The molecule has 2 fully saturated rings. The lowest BCUT2D eigenvalue weighted by Crippen LogP contribution is -2.35. The fourth-order valence-corrected chi connectivity index (χ4v) is 7.17. The van der Waals surface area contributed by atoms with E-state index in [2.05, 4.69) is 34.2 Å². The highest BCUT2D eigenvalue weighted by Gasteiger charge is 2.51. The molecule has 10 N–H and O–H groups in total. The number of imidazole rings is 2. The van der Waals surface area contributed by atoms with Crippen LogP contribution in [0.15, 0.2) is 25.3 Å². The number of aromatic nitrogens is 8. The third kappa shape index (κ3) is 5.90. The van der Waals surface area contributed by atoms with Crippen LogP contribution in [0.2, 0.25) is 0 Å². The Labute approximate surface area is 250 Å². The summed E-state index contributed by atoms with van der Waals surface area (Å²) in [4.78, 5) is 44.3. The van der Waals surface area contributed by atoms with Gasteiger partial charge in [0.25, 0.3) is 0 Å². The van der Waals surface area contributed by atoms with Gasteiger partial charge in [-0.2, -0.15) is 4.31 Å². The average Bonchev–Trinajstić information content (AvgIpc) is 3.74. The van der Waals surface area contributed by atoms with Gasteiger partial charge in [0.15, 0.2) is 35.4 Å². The highest BCUT2D eigenvalue weighted by Crippen LogP contribution is 2.62. The molecule has 0 aliphatic carbocycles. The first-order valence-electron chi connectivity index (χ1n) is 12.8. The third-order valence-corrected chi connectivity index (χ3v) is 9.65. The topological polar surface area (TPSA) is 341 Å². The quantitative estimate of drug-likeness (QED) is 0.0793. The number of fused-ring (bicyclic) bond motifs is 2. The zero-order valence-electron chi connectivity index (χ0n) is 22.5. The maximum atomic E-state index is 12.9. The van der Waals surface area contributed by atoms with Crippen molar-refractivity contribution in [1.29, 1.82) is 0 Å². The van der Waals surface area contributed by atoms with Gasteiger partial charge in [-0.1, -0.05) is 0 Å². The Bertz CT molecular complexity index is 1810. The number of rotatable bonds is 10. The number of hydrogen-bond donors (Lipinski definition) is 8. The first kappa shape index (κ1) is 31.7. The Morgan fingerprint density at radius 3 is 1.91 bits per heavy atom. The second kappa shape index (κ2) is 11.8. The van der Waals surface area contributed by atoms with Gasteiger partial charge < -0.3 is 51.2 Å². The lowest BCUT2D eigenvalue weighted by Gasteiger charge is -2.25. The molecular weight excluding hydrogens is 650 g/mol. The van der Waals surface area contributed by atoms with Gasteiger partial charge in [0.05, 0.1) is 25.9 Å². The highest BCUT2D eigenvalue weighted by molar-refractivity contribution is 7.61. The second-order valence-corrected chi connectivity index (χ2v) is 12.8. The Morgan fingerprint density at radius 2 is 1.33 bits per heavy atom. The average molecular weight is 676 g/mol. The van der Waals surface area contributed by atoms with Gasteiger partial charge in [0.2, 0.25) is 0 Å². The Balaban J connectivity index is 1.13. The molecule has 23 nitrogen and oxygen atoms in total. The molecule has 2 saturated heterocycles. The molecule has 0 aromatic carbocycles. The fourth-order valence-electron chi connectivity index (χ4n) is 4.91. The van der Waals surface area contributed by atoms with Crippen molar-refractivity contribution in [2.75, 3.05) is 24.7 Å². The van der Waals surface area contributed by atoms with Crippen LogP contribution in [0.25, 0.3) is 22.3 Å². The van der Waals surface area contributed by atoms with Gasteiger partial charge in [-0.3, -0.25) is 18.2 Å². The van der Waals surface area contributed by atoms with Crippen LogP contribution >= 0.6 is 15.6 Å². The van der Waals surface area contributed by atoms with Gasteiger partial charge in [-0.05, 0) is 0 Å². The Kier molecular flexibility index (Phi) is 8.33. The molecule has 45 heavy (non-hydrogen) atoms. The Morgan fingerprint density at radius 1 is 0.778 bits per heavy atom. The SMILES string of the molecule is Nc1ncnc2c1ncn2[C@@H]1O[C@H](COP(=O)(O)OP(=O)(O)O[C@@H]2[C@H](O)[C@@H](CO)O[C@H]2n2cnc3c(N)ncnc32)[C@@H](O)[C@H]1O. The molecule has 0 radical (unpaired) electrons. The van der Waals surface area contributed by atoms with E-state index in [0.29, 0.717) is 0 Å². The summed E-state index contributed by atoms with van der Waals surface area (Å²) in [5.74, 6) is 0.0443. The first-order valence-corrected chi connectivity index (χ1v) is 15.8. The number of ether oxygens (including phenoxy) is 2. The largest absolute Gasteiger partial charge is 0.481 e. The van der Waals surface area contributed by atoms with E-state index in [4.69, 9.17) is 30.0 Å². The number of phosphoric acid groups is 2. The highest BCUT2D eigenvalue weighted by atomic mass is 31.3. The number of nitrogens with two attached hydrogens (primary N) is 2. The van der Waals surface area contributed by atoms with Crippen molar-refractivity contribution in [3.63, 3.8) is 0 Å². The van der Waals surface area contributed by atoms with Gasteiger partial charge >= 0.3 is 15.6 Å². The van der Waals surface area contributed by atoms with Crippen LogP contribution in [0, 0.1) is 0 Å². The van der Waals surface area contributed by atoms with Crippen LogP contribution in [0.1, 0.15) is 12.5 Å². The number of nitrogen functional groups attached to an aromatic ring is 2. The lowest BCUT2D eigenvalue weighted by molar-refractivity contribution is -0.0529. The van der Waals surface area contributed by atoms with Crippen LogP contribution in [0.5, 0.6) is 0 Å². The van der Waals surface area contributed by atoms with Gasteiger partial charge in [-0.15, -0.1) is 0 Å². The van der Waals surface area contributed by atoms with Crippen molar-refractivity contribution in [3.8, 4) is 0 Å². The summed E-state index contributed by atoms with van der Waals surface area (Å²) in [6.07, 6.45) is -7.70. The standard InChI is InChI=1S/C20H26N10O13P2/c21-15-9-17(25-3-23-15)29(5-27-9)19-13(34)11(32)8(41-19)2-39-44(35,36)43-45(37,38)42-14-12(33)7(1-31)40-20(14)30-6-28-10-16(22)24-4-26-18(10)30/h3-8,11-14,19-20,31-34H,1-2H2,(H,35,36)(H,37,38)(H2,21,23,25)(H2,22,24,26)/t7-,8-,11-,12-,13-,14-,19-,20-/m1/s1. The molecule has 2 unspecified atom stereocenters. The molecule has 0 saturated carbocycles. The fraction of sp³-hybridized carbons (Fsp3) is 0.500. The van der Waals surface area contributed by atoms with Crippen LogP contribution < -0.4 is 11.5 Å². The summed E-state index contributed by atoms with van der Waals surface area (Å²) in [6, 6.07) is 0. The minimum atomic E-state index is -5.56. The Hall–Kier alpha value is -3.28. The van der Waals surface area contributed by atoms with Crippen molar-refractivity contribution in [2.24, 2.45) is 0 Å². The van der Waals surface area contributed by atoms with Gasteiger partial charge in [-0.25, -0.2) is 39.0 Å². The van der Waals surface area contributed by atoms with E-state index in [1.165, 1.54) is 15.5 Å². The first-order chi connectivity index (χ1) is 21.3. The van der Waals surface area contributed by atoms with Gasteiger partial charge in [0, 0.05) is 0 Å². The number of phosphoric ester groups is 2. The van der Waals surface area contributed by atoms with Crippen molar-refractivity contribution in [2.45, 2.75) is 49.1 Å². The molecule has 4 aromatic heterocycles. The minimum Gasteiger partial charge on any atom is -0.394 e. The zero-order valence-corrected chi connectivity index (χ0v) is 24.3. The van der Waals surface area contributed by atoms with E-state index in [1.807, 2.05) is 0 Å². The molecule has 6 rings (SSSR count). The molecule has 25 heteroatoms. The normalized spacial score (nSPS) is 31.4. The van der Waals surface area contributed by atoms with Crippen LogP contribution in [0.4, 0.5) is 11.6 Å². The molecule has 0 spiro atoms. The monoisotopic (exact) mass is 676 g/mol. The second-order valence-electron chi connectivity index (χ2n) is 9.84. The maximum absolute atomic E-state index is 12.9. The summed E-state index contributed by atoms with van der Waals surface area (Å²) < 4.78 is 53.3. The van der Waals surface area contributed by atoms with Crippen molar-refractivity contribution >= 4 is 49.6 Å². The van der Waals surface area contributed by atoms with Crippen LogP contribution in [-0.4, -0.2) is 119 Å². The number of aliphatic hydroxyl groups excluding tert-OH is 4. The summed E-state index contributed by atoms with van der Waals surface area (Å²) in [5, 5.41) is 41.3. The van der Waals surface area contributed by atoms with E-state index in [-0.39, 0.29) is 34.0 Å². The smallest absolute Gasteiger partial charge is 0.394 e. The van der Waals surface area contributed by atoms with Crippen LogP contribution in [-0.2, 0) is 32.0 Å². The molecule has 244 valence electrons. The zero-order chi connectivity index (χ0) is 32.3. The maximum Gasteiger partial charge on any atom is 0.481 e.